The molecule has 2 aromatic rings. The number of anilines is 1. The lowest BCUT2D eigenvalue weighted by Gasteiger charge is -2.38. The van der Waals surface area contributed by atoms with Crippen molar-refractivity contribution in [3.63, 3.8) is 0 Å². The maximum Gasteiger partial charge on any atom is 0.255 e. The van der Waals surface area contributed by atoms with Crippen LogP contribution in [0.25, 0.3) is 0 Å². The Morgan fingerprint density at radius 1 is 1.14 bits per heavy atom. The van der Waals surface area contributed by atoms with E-state index in [9.17, 15) is 14.0 Å². The van der Waals surface area contributed by atoms with Gasteiger partial charge in [0.25, 0.3) is 5.91 Å². The topological polar surface area (TPSA) is 75.4 Å². The largest absolute Gasteiger partial charge is 0.334 e. The van der Waals surface area contributed by atoms with Gasteiger partial charge in [0.2, 0.25) is 5.91 Å². The molecule has 28 heavy (non-hydrogen) atoms. The van der Waals surface area contributed by atoms with Crippen LogP contribution >= 0.6 is 0 Å². The van der Waals surface area contributed by atoms with Gasteiger partial charge in [-0.1, -0.05) is 31.0 Å². The third-order valence-corrected chi connectivity index (χ3v) is 5.21. The van der Waals surface area contributed by atoms with Gasteiger partial charge in [-0.2, -0.15) is 0 Å². The number of nitrogens with two attached hydrogens (primary N) is 1. The Hall–Kier alpha value is -2.73. The Morgan fingerprint density at radius 2 is 1.89 bits per heavy atom. The number of nitrogens with one attached hydrogen (secondary N) is 1. The summed E-state index contributed by atoms with van der Waals surface area (Å²) in [7, 11) is 0. The van der Waals surface area contributed by atoms with Gasteiger partial charge in [-0.15, -0.1) is 0 Å². The molecule has 2 unspecified atom stereocenters. The maximum atomic E-state index is 13.3. The van der Waals surface area contributed by atoms with Gasteiger partial charge in [-0.25, -0.2) is 4.39 Å². The minimum absolute atomic E-state index is 0.00320. The van der Waals surface area contributed by atoms with Crippen LogP contribution in [0.15, 0.2) is 48.5 Å². The monoisotopic (exact) mass is 383 g/mol. The lowest BCUT2D eigenvalue weighted by Crippen LogP contribution is -2.50. The highest BCUT2D eigenvalue weighted by Crippen LogP contribution is 2.24. The summed E-state index contributed by atoms with van der Waals surface area (Å²) in [5.41, 5.74) is 8.02. The average Bonchev–Trinajstić information content (AvgIpc) is 2.67. The van der Waals surface area contributed by atoms with Crippen molar-refractivity contribution in [3.05, 3.63) is 65.5 Å². The van der Waals surface area contributed by atoms with Gasteiger partial charge < -0.3 is 16.0 Å². The van der Waals surface area contributed by atoms with Crippen molar-refractivity contribution >= 4 is 17.5 Å². The fourth-order valence-electron chi connectivity index (χ4n) is 3.77. The molecule has 0 aliphatic heterocycles. The molecule has 148 valence electrons. The van der Waals surface area contributed by atoms with E-state index >= 15 is 0 Å². The third-order valence-electron chi connectivity index (χ3n) is 5.21. The first kappa shape index (κ1) is 20.0. The molecule has 0 aromatic heterocycles. The number of hydrogen-bond donors (Lipinski definition) is 2. The Kier molecular flexibility index (Phi) is 6.41. The van der Waals surface area contributed by atoms with Gasteiger partial charge in [0.15, 0.2) is 0 Å². The second kappa shape index (κ2) is 8.97. The van der Waals surface area contributed by atoms with E-state index in [0.717, 1.165) is 31.2 Å². The second-order valence-corrected chi connectivity index (χ2v) is 7.33. The fraction of sp³-hybridized carbons (Fsp3) is 0.364. The van der Waals surface area contributed by atoms with Gasteiger partial charge in [0.1, 0.15) is 5.82 Å². The minimum atomic E-state index is -0.456. The predicted octanol–water partition coefficient (Wildman–Crippen LogP) is 3.70. The van der Waals surface area contributed by atoms with Crippen LogP contribution in [0.1, 0.15) is 48.5 Å². The van der Waals surface area contributed by atoms with E-state index in [1.807, 2.05) is 23.1 Å². The SMILES string of the molecule is CC(=O)N(Cc1cccc(NC(=O)c2cccc(F)c2)c1)C1CCCCC1N. The molecule has 1 aliphatic carbocycles. The molecule has 6 heteroatoms. The van der Waals surface area contributed by atoms with Crippen molar-refractivity contribution in [1.82, 2.24) is 4.90 Å². The van der Waals surface area contributed by atoms with E-state index in [2.05, 4.69) is 5.32 Å². The molecule has 3 N–H and O–H groups in total. The van der Waals surface area contributed by atoms with E-state index in [0.29, 0.717) is 12.2 Å². The van der Waals surface area contributed by atoms with Crippen LogP contribution in [0.4, 0.5) is 10.1 Å². The second-order valence-electron chi connectivity index (χ2n) is 7.33. The molecule has 0 spiro atoms. The highest BCUT2D eigenvalue weighted by atomic mass is 19.1. The van der Waals surface area contributed by atoms with Gasteiger partial charge >= 0.3 is 0 Å². The number of amides is 2. The molecule has 5 nitrogen and oxygen atoms in total. The number of halogens is 1. The Labute approximate surface area is 164 Å². The number of carbonyl (C=O) groups is 2. The van der Waals surface area contributed by atoms with E-state index in [1.165, 1.54) is 18.2 Å². The van der Waals surface area contributed by atoms with Crippen LogP contribution in [0, 0.1) is 5.82 Å². The van der Waals surface area contributed by atoms with Gasteiger partial charge in [0.05, 0.1) is 0 Å². The van der Waals surface area contributed by atoms with Crippen LogP contribution in [0.5, 0.6) is 0 Å². The lowest BCUT2D eigenvalue weighted by atomic mass is 9.89. The van der Waals surface area contributed by atoms with Crippen LogP contribution in [0.2, 0.25) is 0 Å². The molecule has 0 radical (unpaired) electrons. The molecular formula is C22H26FN3O2. The van der Waals surface area contributed by atoms with Gasteiger partial charge in [-0.05, 0) is 48.7 Å². The van der Waals surface area contributed by atoms with Gasteiger partial charge in [-0.3, -0.25) is 9.59 Å². The number of rotatable bonds is 5. The summed E-state index contributed by atoms with van der Waals surface area (Å²) in [5.74, 6) is -0.840. The van der Waals surface area contributed by atoms with Crippen molar-refractivity contribution in [1.29, 1.82) is 0 Å². The quantitative estimate of drug-likeness (QED) is 0.827. The summed E-state index contributed by atoms with van der Waals surface area (Å²) in [6.45, 7) is 2.01. The molecular weight excluding hydrogens is 357 g/mol. The molecule has 2 amide bonds. The highest BCUT2D eigenvalue weighted by molar-refractivity contribution is 6.04. The summed E-state index contributed by atoms with van der Waals surface area (Å²) in [5, 5.41) is 2.78. The van der Waals surface area contributed by atoms with E-state index < -0.39 is 5.82 Å². The van der Waals surface area contributed by atoms with E-state index in [-0.39, 0.29) is 29.5 Å². The van der Waals surface area contributed by atoms with Crippen molar-refractivity contribution < 1.29 is 14.0 Å². The van der Waals surface area contributed by atoms with Crippen molar-refractivity contribution in [2.24, 2.45) is 5.73 Å². The van der Waals surface area contributed by atoms with Gasteiger partial charge in [0, 0.05) is 36.8 Å². The minimum Gasteiger partial charge on any atom is -0.334 e. The number of benzene rings is 2. The number of hydrogen-bond acceptors (Lipinski definition) is 3. The Morgan fingerprint density at radius 3 is 2.61 bits per heavy atom. The lowest BCUT2D eigenvalue weighted by molar-refractivity contribution is -0.133. The predicted molar refractivity (Wildman–Crippen MR) is 107 cm³/mol. The summed E-state index contributed by atoms with van der Waals surface area (Å²) in [6, 6.07) is 12.9. The zero-order chi connectivity index (χ0) is 20.1. The zero-order valence-corrected chi connectivity index (χ0v) is 16.0. The maximum absolute atomic E-state index is 13.3. The highest BCUT2D eigenvalue weighted by Gasteiger charge is 2.29. The van der Waals surface area contributed by atoms with Crippen LogP contribution in [0.3, 0.4) is 0 Å². The van der Waals surface area contributed by atoms with Crippen molar-refractivity contribution in [2.75, 3.05) is 5.32 Å². The Bertz CT molecular complexity index is 855. The van der Waals surface area contributed by atoms with E-state index in [4.69, 9.17) is 5.73 Å². The Balaban J connectivity index is 1.73. The average molecular weight is 383 g/mol. The third kappa shape index (κ3) is 4.95. The van der Waals surface area contributed by atoms with Crippen molar-refractivity contribution in [2.45, 2.75) is 51.2 Å². The first-order chi connectivity index (χ1) is 13.4. The number of carbonyl (C=O) groups excluding carboxylic acids is 2. The van der Waals surface area contributed by atoms with Crippen LogP contribution in [-0.4, -0.2) is 28.8 Å². The first-order valence-electron chi connectivity index (χ1n) is 9.62. The number of nitrogens with zero attached hydrogens (tertiary/aromatic N) is 1. The molecule has 2 atom stereocenters. The summed E-state index contributed by atoms with van der Waals surface area (Å²) in [4.78, 5) is 26.4. The van der Waals surface area contributed by atoms with Crippen LogP contribution < -0.4 is 11.1 Å². The standard InChI is InChI=1S/C22H26FN3O2/c1-15(27)26(21-11-3-2-10-20(21)24)14-16-6-4-9-19(12-16)25-22(28)17-7-5-8-18(23)13-17/h4-9,12-13,20-21H,2-3,10-11,14,24H2,1H3,(H,25,28). The first-order valence-corrected chi connectivity index (χ1v) is 9.62. The smallest absolute Gasteiger partial charge is 0.255 e. The molecule has 0 bridgehead atoms. The van der Waals surface area contributed by atoms with Crippen LogP contribution in [-0.2, 0) is 11.3 Å². The molecule has 3 rings (SSSR count). The molecule has 0 saturated heterocycles. The molecule has 2 aromatic carbocycles. The molecule has 1 aliphatic rings. The zero-order valence-electron chi connectivity index (χ0n) is 16.0. The molecule has 0 heterocycles. The summed E-state index contributed by atoms with van der Waals surface area (Å²) in [6.07, 6.45) is 4.02. The van der Waals surface area contributed by atoms with Crippen molar-refractivity contribution in [3.8, 4) is 0 Å². The molecule has 1 fully saturated rings. The normalized spacial score (nSPS) is 19.1. The molecule has 1 saturated carbocycles. The summed E-state index contributed by atoms with van der Waals surface area (Å²) < 4.78 is 13.3. The van der Waals surface area contributed by atoms with E-state index in [1.54, 1.807) is 19.1 Å². The fourth-order valence-corrected chi connectivity index (χ4v) is 3.77. The summed E-state index contributed by atoms with van der Waals surface area (Å²) >= 11 is 0.